The number of rotatable bonds is 6. The molecule has 0 fully saturated rings. The molecule has 7 nitrogen and oxygen atoms in total. The highest BCUT2D eigenvalue weighted by atomic mass is 32.2. The number of ether oxygens (including phenoxy) is 1. The minimum Gasteiger partial charge on any atom is -0.449 e. The van der Waals surface area contributed by atoms with Gasteiger partial charge < -0.3 is 9.26 Å². The van der Waals surface area contributed by atoms with Gasteiger partial charge in [0.05, 0.1) is 16.2 Å². The van der Waals surface area contributed by atoms with E-state index in [2.05, 4.69) is 10.1 Å². The Morgan fingerprint density at radius 3 is 2.56 bits per heavy atom. The van der Waals surface area contributed by atoms with Gasteiger partial charge in [0.2, 0.25) is 0 Å². The van der Waals surface area contributed by atoms with Gasteiger partial charge in [-0.05, 0) is 43.7 Å². The van der Waals surface area contributed by atoms with Crippen LogP contribution in [0, 0.1) is 6.92 Å². The van der Waals surface area contributed by atoms with E-state index in [1.807, 2.05) is 0 Å². The highest BCUT2D eigenvalue weighted by Crippen LogP contribution is 2.20. The van der Waals surface area contributed by atoms with Crippen LogP contribution in [0.5, 0.6) is 0 Å². The van der Waals surface area contributed by atoms with Gasteiger partial charge >= 0.3 is 5.97 Å². The Morgan fingerprint density at radius 1 is 1.15 bits per heavy atom. The molecule has 27 heavy (non-hydrogen) atoms. The summed E-state index contributed by atoms with van der Waals surface area (Å²) in [5.41, 5.74) is 0.744. The van der Waals surface area contributed by atoms with E-state index in [1.165, 1.54) is 6.07 Å². The number of aryl methyl sites for hydroxylation is 1. The number of esters is 1. The summed E-state index contributed by atoms with van der Waals surface area (Å²) in [6.45, 7) is 3.28. The molecule has 1 aromatic heterocycles. The van der Waals surface area contributed by atoms with E-state index in [1.54, 1.807) is 62.4 Å². The maximum Gasteiger partial charge on any atom is 0.338 e. The van der Waals surface area contributed by atoms with E-state index in [4.69, 9.17) is 9.26 Å². The molecule has 140 valence electrons. The molecule has 0 amide bonds. The number of nitrogens with zero attached hydrogens (tertiary/aromatic N) is 2. The van der Waals surface area contributed by atoms with Crippen LogP contribution in [0.2, 0.25) is 0 Å². The standard InChI is InChI=1S/C19H18N2O5S/c1-13(18-20-14(2)21-26-18)25-19(22)16-8-6-7-15(11-16)12-27(23,24)17-9-4-3-5-10-17/h3-11,13H,12H2,1-2H3. The van der Waals surface area contributed by atoms with Crippen molar-refractivity contribution in [3.8, 4) is 0 Å². The molecule has 2 aromatic carbocycles. The first-order chi connectivity index (χ1) is 12.8. The number of sulfone groups is 1. The molecule has 0 radical (unpaired) electrons. The summed E-state index contributed by atoms with van der Waals surface area (Å²) in [5.74, 6) is -0.168. The first kappa shape index (κ1) is 18.8. The molecule has 0 aliphatic rings. The Bertz CT molecular complexity index is 1040. The predicted molar refractivity (Wildman–Crippen MR) is 96.6 cm³/mol. The first-order valence-electron chi connectivity index (χ1n) is 8.23. The Hall–Kier alpha value is -3.00. The molecule has 0 saturated carbocycles. The molecule has 0 spiro atoms. The van der Waals surface area contributed by atoms with Crippen molar-refractivity contribution in [3.05, 3.63) is 77.4 Å². The average Bonchev–Trinajstić information content (AvgIpc) is 3.09. The largest absolute Gasteiger partial charge is 0.449 e. The Labute approximate surface area is 156 Å². The van der Waals surface area contributed by atoms with Gasteiger partial charge in [0.15, 0.2) is 21.8 Å². The van der Waals surface area contributed by atoms with Crippen LogP contribution < -0.4 is 0 Å². The second-order valence-electron chi connectivity index (χ2n) is 6.00. The Balaban J connectivity index is 1.74. The zero-order chi connectivity index (χ0) is 19.4. The monoisotopic (exact) mass is 386 g/mol. The first-order valence-corrected chi connectivity index (χ1v) is 9.88. The fraction of sp³-hybridized carbons (Fsp3) is 0.211. The third-order valence-electron chi connectivity index (χ3n) is 3.80. The normalized spacial score (nSPS) is 12.5. The molecule has 0 N–H and O–H groups in total. The maximum atomic E-state index is 12.5. The van der Waals surface area contributed by atoms with E-state index in [0.717, 1.165) is 0 Å². The number of hydrogen-bond donors (Lipinski definition) is 0. The van der Waals surface area contributed by atoms with Gasteiger partial charge in [-0.15, -0.1) is 0 Å². The van der Waals surface area contributed by atoms with Crippen LogP contribution in [-0.2, 0) is 20.3 Å². The summed E-state index contributed by atoms with van der Waals surface area (Å²) in [4.78, 5) is 16.6. The lowest BCUT2D eigenvalue weighted by molar-refractivity contribution is 0.0265. The van der Waals surface area contributed by atoms with E-state index >= 15 is 0 Å². The van der Waals surface area contributed by atoms with Gasteiger partial charge in [-0.1, -0.05) is 35.5 Å². The zero-order valence-electron chi connectivity index (χ0n) is 14.8. The topological polar surface area (TPSA) is 99.4 Å². The van der Waals surface area contributed by atoms with Gasteiger partial charge in [0.1, 0.15) is 0 Å². The molecule has 1 unspecified atom stereocenters. The van der Waals surface area contributed by atoms with Crippen LogP contribution in [0.4, 0.5) is 0 Å². The van der Waals surface area contributed by atoms with E-state index < -0.39 is 21.9 Å². The minimum absolute atomic E-state index is 0.198. The van der Waals surface area contributed by atoms with Crippen molar-refractivity contribution in [3.63, 3.8) is 0 Å². The van der Waals surface area contributed by atoms with Gasteiger partial charge in [-0.25, -0.2) is 13.2 Å². The fourth-order valence-electron chi connectivity index (χ4n) is 2.48. The van der Waals surface area contributed by atoms with Crippen molar-refractivity contribution in [2.45, 2.75) is 30.6 Å². The lowest BCUT2D eigenvalue weighted by atomic mass is 10.1. The number of carbonyl (C=O) groups excluding carboxylic acids is 1. The summed E-state index contributed by atoms with van der Waals surface area (Å²) in [7, 11) is -3.50. The van der Waals surface area contributed by atoms with Gasteiger partial charge in [-0.2, -0.15) is 4.98 Å². The van der Waals surface area contributed by atoms with Gasteiger partial charge in [0.25, 0.3) is 5.89 Å². The van der Waals surface area contributed by atoms with Crippen LogP contribution in [-0.4, -0.2) is 24.5 Å². The number of aromatic nitrogens is 2. The molecule has 8 heteroatoms. The van der Waals surface area contributed by atoms with Crippen LogP contribution in [0.15, 0.2) is 64.0 Å². The zero-order valence-corrected chi connectivity index (χ0v) is 15.6. The number of hydrogen-bond acceptors (Lipinski definition) is 7. The van der Waals surface area contributed by atoms with Gasteiger partial charge in [-0.3, -0.25) is 0 Å². The minimum atomic E-state index is -3.50. The van der Waals surface area contributed by atoms with E-state index in [9.17, 15) is 13.2 Å². The lowest BCUT2D eigenvalue weighted by Gasteiger charge is -2.10. The molecular formula is C19H18N2O5S. The smallest absolute Gasteiger partial charge is 0.338 e. The fourth-order valence-corrected chi connectivity index (χ4v) is 3.83. The molecule has 1 atom stereocenters. The molecule has 0 aliphatic carbocycles. The highest BCUT2D eigenvalue weighted by molar-refractivity contribution is 7.90. The van der Waals surface area contributed by atoms with Crippen molar-refractivity contribution in [2.24, 2.45) is 0 Å². The molecule has 3 aromatic rings. The summed E-state index contributed by atoms with van der Waals surface area (Å²) in [6.07, 6.45) is -0.713. The Kier molecular flexibility index (Phi) is 5.36. The molecule has 0 saturated heterocycles. The maximum absolute atomic E-state index is 12.5. The number of benzene rings is 2. The molecular weight excluding hydrogens is 368 g/mol. The van der Waals surface area contributed by atoms with Crippen LogP contribution in [0.3, 0.4) is 0 Å². The molecule has 1 heterocycles. The molecule has 0 aliphatic heterocycles. The third-order valence-corrected chi connectivity index (χ3v) is 5.50. The van der Waals surface area contributed by atoms with Crippen LogP contribution in [0.1, 0.15) is 40.7 Å². The van der Waals surface area contributed by atoms with Crippen molar-refractivity contribution < 1.29 is 22.5 Å². The van der Waals surface area contributed by atoms with E-state index in [-0.39, 0.29) is 22.1 Å². The van der Waals surface area contributed by atoms with Crippen LogP contribution >= 0.6 is 0 Å². The van der Waals surface area contributed by atoms with Crippen LogP contribution in [0.25, 0.3) is 0 Å². The van der Waals surface area contributed by atoms with Crippen molar-refractivity contribution in [1.29, 1.82) is 0 Å². The second-order valence-corrected chi connectivity index (χ2v) is 7.99. The van der Waals surface area contributed by atoms with Crippen molar-refractivity contribution >= 4 is 15.8 Å². The summed E-state index contributed by atoms with van der Waals surface area (Å²) in [6, 6.07) is 14.5. The van der Waals surface area contributed by atoms with Gasteiger partial charge in [0, 0.05) is 0 Å². The summed E-state index contributed by atoms with van der Waals surface area (Å²) in [5, 5.41) is 3.66. The summed E-state index contributed by atoms with van der Waals surface area (Å²) < 4.78 is 35.3. The summed E-state index contributed by atoms with van der Waals surface area (Å²) >= 11 is 0. The van der Waals surface area contributed by atoms with Crippen molar-refractivity contribution in [1.82, 2.24) is 10.1 Å². The quantitative estimate of drug-likeness (QED) is 0.599. The Morgan fingerprint density at radius 2 is 1.89 bits per heavy atom. The average molecular weight is 386 g/mol. The SMILES string of the molecule is Cc1noc(C(C)OC(=O)c2cccc(CS(=O)(=O)c3ccccc3)c2)n1. The number of carbonyl (C=O) groups is 1. The second kappa shape index (κ2) is 7.71. The highest BCUT2D eigenvalue weighted by Gasteiger charge is 2.20. The van der Waals surface area contributed by atoms with E-state index in [0.29, 0.717) is 11.4 Å². The third kappa shape index (κ3) is 4.59. The lowest BCUT2D eigenvalue weighted by Crippen LogP contribution is -2.11. The molecule has 0 bridgehead atoms. The molecule has 3 rings (SSSR count). The predicted octanol–water partition coefficient (Wildman–Crippen LogP) is 3.27. The van der Waals surface area contributed by atoms with Crippen molar-refractivity contribution in [2.75, 3.05) is 0 Å².